The van der Waals surface area contributed by atoms with Gasteiger partial charge in [0, 0.05) is 0 Å². The Labute approximate surface area is 120 Å². The molecule has 0 radical (unpaired) electrons. The van der Waals surface area contributed by atoms with Gasteiger partial charge in [-0.1, -0.05) is 0 Å². The highest BCUT2D eigenvalue weighted by molar-refractivity contribution is 7.92. The van der Waals surface area contributed by atoms with Crippen molar-refractivity contribution >= 4 is 15.7 Å². The van der Waals surface area contributed by atoms with E-state index in [1.807, 2.05) is 6.07 Å². The summed E-state index contributed by atoms with van der Waals surface area (Å²) >= 11 is 0. The zero-order valence-electron chi connectivity index (χ0n) is 10.5. The number of anilines is 1. The van der Waals surface area contributed by atoms with Crippen molar-refractivity contribution in [2.75, 3.05) is 4.72 Å². The summed E-state index contributed by atoms with van der Waals surface area (Å²) in [7, 11) is -3.92. The highest BCUT2D eigenvalue weighted by atomic mass is 32.2. The number of halogens is 1. The standard InChI is InChI=1S/C14H8FN3O2S/c15-12-3-6-14(11(7-12)9-17)18-21(19,20)13-4-1-10(8-16)2-5-13/h1-7,18H. The topological polar surface area (TPSA) is 93.8 Å². The van der Waals surface area contributed by atoms with Crippen LogP contribution in [0.5, 0.6) is 0 Å². The fraction of sp³-hybridized carbons (Fsp3) is 0. The molecule has 0 heterocycles. The van der Waals surface area contributed by atoms with E-state index in [-0.39, 0.29) is 16.1 Å². The molecule has 104 valence electrons. The summed E-state index contributed by atoms with van der Waals surface area (Å²) in [6.45, 7) is 0. The third-order valence-corrected chi connectivity index (χ3v) is 4.02. The summed E-state index contributed by atoms with van der Waals surface area (Å²) in [4.78, 5) is -0.0604. The van der Waals surface area contributed by atoms with Crippen molar-refractivity contribution in [3.05, 3.63) is 59.4 Å². The SMILES string of the molecule is N#Cc1ccc(S(=O)(=O)Nc2ccc(F)cc2C#N)cc1. The van der Waals surface area contributed by atoms with E-state index in [0.29, 0.717) is 5.56 Å². The van der Waals surface area contributed by atoms with E-state index in [9.17, 15) is 12.8 Å². The second kappa shape index (κ2) is 5.61. The normalized spacial score (nSPS) is 10.4. The van der Waals surface area contributed by atoms with E-state index in [1.165, 1.54) is 30.3 Å². The Balaban J connectivity index is 2.38. The molecule has 2 aromatic rings. The van der Waals surface area contributed by atoms with Crippen molar-refractivity contribution in [2.24, 2.45) is 0 Å². The van der Waals surface area contributed by atoms with Gasteiger partial charge in [0.2, 0.25) is 0 Å². The maximum absolute atomic E-state index is 13.0. The maximum Gasteiger partial charge on any atom is 0.261 e. The molecule has 0 saturated carbocycles. The van der Waals surface area contributed by atoms with E-state index in [0.717, 1.165) is 12.1 Å². The molecule has 0 spiro atoms. The molecule has 0 atom stereocenters. The Bertz CT molecular complexity index is 863. The van der Waals surface area contributed by atoms with Crippen LogP contribution in [-0.2, 0) is 10.0 Å². The van der Waals surface area contributed by atoms with Gasteiger partial charge in [-0.25, -0.2) is 12.8 Å². The summed E-state index contributed by atoms with van der Waals surface area (Å²) < 4.78 is 39.5. The van der Waals surface area contributed by atoms with E-state index < -0.39 is 15.8 Å². The summed E-state index contributed by atoms with van der Waals surface area (Å²) in [5, 5.41) is 17.6. The minimum absolute atomic E-state index is 0.0109. The molecule has 0 fully saturated rings. The van der Waals surface area contributed by atoms with Gasteiger partial charge in [0.1, 0.15) is 11.9 Å². The van der Waals surface area contributed by atoms with Crippen LogP contribution in [0.1, 0.15) is 11.1 Å². The van der Waals surface area contributed by atoms with Crippen LogP contribution in [0.25, 0.3) is 0 Å². The lowest BCUT2D eigenvalue weighted by molar-refractivity contribution is 0.601. The number of nitriles is 2. The number of benzene rings is 2. The molecule has 0 aromatic heterocycles. The Morgan fingerprint density at radius 2 is 1.67 bits per heavy atom. The smallest absolute Gasteiger partial charge is 0.261 e. The van der Waals surface area contributed by atoms with Crippen LogP contribution >= 0.6 is 0 Å². The predicted octanol–water partition coefficient (Wildman–Crippen LogP) is 2.37. The number of nitrogens with one attached hydrogen (secondary N) is 1. The van der Waals surface area contributed by atoms with Gasteiger partial charge in [-0.05, 0) is 42.5 Å². The number of hydrogen-bond donors (Lipinski definition) is 1. The molecule has 2 aromatic carbocycles. The highest BCUT2D eigenvalue weighted by Gasteiger charge is 2.16. The summed E-state index contributed by atoms with van der Waals surface area (Å²) in [5.74, 6) is -0.632. The van der Waals surface area contributed by atoms with Gasteiger partial charge >= 0.3 is 0 Å². The van der Waals surface area contributed by atoms with Crippen molar-refractivity contribution in [1.82, 2.24) is 0 Å². The first-order valence-corrected chi connectivity index (χ1v) is 7.17. The number of hydrogen-bond acceptors (Lipinski definition) is 4. The van der Waals surface area contributed by atoms with Crippen LogP contribution < -0.4 is 4.72 Å². The van der Waals surface area contributed by atoms with Crippen LogP contribution in [0.4, 0.5) is 10.1 Å². The van der Waals surface area contributed by atoms with E-state index in [4.69, 9.17) is 10.5 Å². The first kappa shape index (κ1) is 14.5. The third kappa shape index (κ3) is 3.16. The lowest BCUT2D eigenvalue weighted by Crippen LogP contribution is -2.14. The molecule has 0 bridgehead atoms. The molecule has 0 unspecified atom stereocenters. The molecule has 1 N–H and O–H groups in total. The van der Waals surface area contributed by atoms with Gasteiger partial charge in [0.25, 0.3) is 10.0 Å². The van der Waals surface area contributed by atoms with Crippen molar-refractivity contribution in [2.45, 2.75) is 4.90 Å². The van der Waals surface area contributed by atoms with Gasteiger partial charge in [-0.15, -0.1) is 0 Å². The Kier molecular flexibility index (Phi) is 3.88. The lowest BCUT2D eigenvalue weighted by Gasteiger charge is -2.09. The Morgan fingerprint density at radius 3 is 2.24 bits per heavy atom. The van der Waals surface area contributed by atoms with Crippen molar-refractivity contribution < 1.29 is 12.8 Å². The molecule has 2 rings (SSSR count). The second-order valence-electron chi connectivity index (χ2n) is 4.04. The van der Waals surface area contributed by atoms with Crippen molar-refractivity contribution in [3.8, 4) is 12.1 Å². The van der Waals surface area contributed by atoms with Crippen LogP contribution in [-0.4, -0.2) is 8.42 Å². The maximum atomic E-state index is 13.0. The number of rotatable bonds is 3. The van der Waals surface area contributed by atoms with Gasteiger partial charge in [0.05, 0.1) is 27.8 Å². The van der Waals surface area contributed by atoms with Gasteiger partial charge in [0.15, 0.2) is 0 Å². The molecule has 0 aliphatic heterocycles. The molecular formula is C14H8FN3O2S. The van der Waals surface area contributed by atoms with Crippen LogP contribution in [0.3, 0.4) is 0 Å². The zero-order valence-corrected chi connectivity index (χ0v) is 11.4. The molecule has 0 aliphatic carbocycles. The molecule has 0 aliphatic rings. The first-order valence-electron chi connectivity index (χ1n) is 5.69. The fourth-order valence-corrected chi connectivity index (χ4v) is 2.69. The summed E-state index contributed by atoms with van der Waals surface area (Å²) in [5.41, 5.74) is 0.198. The summed E-state index contributed by atoms with van der Waals surface area (Å²) in [6, 6.07) is 12.0. The van der Waals surface area contributed by atoms with Crippen LogP contribution in [0, 0.1) is 28.5 Å². The monoisotopic (exact) mass is 301 g/mol. The molecular weight excluding hydrogens is 293 g/mol. The number of nitrogens with zero attached hydrogens (tertiary/aromatic N) is 2. The van der Waals surface area contributed by atoms with Crippen molar-refractivity contribution in [3.63, 3.8) is 0 Å². The lowest BCUT2D eigenvalue weighted by atomic mass is 10.2. The predicted molar refractivity (Wildman–Crippen MR) is 73.1 cm³/mol. The van der Waals surface area contributed by atoms with Crippen molar-refractivity contribution in [1.29, 1.82) is 10.5 Å². The second-order valence-corrected chi connectivity index (χ2v) is 5.73. The Morgan fingerprint density at radius 1 is 1.00 bits per heavy atom. The van der Waals surface area contributed by atoms with E-state index >= 15 is 0 Å². The Hall–Kier alpha value is -2.90. The van der Waals surface area contributed by atoms with Crippen LogP contribution in [0.15, 0.2) is 47.4 Å². The average Bonchev–Trinajstić information content (AvgIpc) is 2.49. The fourth-order valence-electron chi connectivity index (χ4n) is 1.61. The number of sulfonamides is 1. The zero-order chi connectivity index (χ0) is 15.5. The first-order chi connectivity index (χ1) is 9.96. The molecule has 7 heteroatoms. The average molecular weight is 301 g/mol. The van der Waals surface area contributed by atoms with Gasteiger partial charge in [-0.3, -0.25) is 4.72 Å². The van der Waals surface area contributed by atoms with Crippen LogP contribution in [0.2, 0.25) is 0 Å². The van der Waals surface area contributed by atoms with E-state index in [1.54, 1.807) is 6.07 Å². The molecule has 5 nitrogen and oxygen atoms in total. The molecule has 0 saturated heterocycles. The quantitative estimate of drug-likeness (QED) is 0.941. The van der Waals surface area contributed by atoms with Gasteiger partial charge in [-0.2, -0.15) is 10.5 Å². The van der Waals surface area contributed by atoms with Gasteiger partial charge < -0.3 is 0 Å². The minimum Gasteiger partial charge on any atom is -0.278 e. The minimum atomic E-state index is -3.92. The highest BCUT2D eigenvalue weighted by Crippen LogP contribution is 2.20. The largest absolute Gasteiger partial charge is 0.278 e. The molecule has 0 amide bonds. The molecule has 21 heavy (non-hydrogen) atoms. The third-order valence-electron chi connectivity index (χ3n) is 2.64. The summed E-state index contributed by atoms with van der Waals surface area (Å²) in [6.07, 6.45) is 0. The van der Waals surface area contributed by atoms with E-state index in [2.05, 4.69) is 4.72 Å².